The number of rotatable bonds is 2. The molecule has 4 heteroatoms. The Bertz CT molecular complexity index is 469. The molecule has 1 aliphatic heterocycles. The van der Waals surface area contributed by atoms with Crippen molar-refractivity contribution in [2.75, 3.05) is 13.1 Å². The largest absolute Gasteiger partial charge is 0.309 e. The van der Waals surface area contributed by atoms with Crippen LogP contribution in [0.2, 0.25) is 10.0 Å². The molecule has 0 spiro atoms. The smallest absolute Gasteiger partial charge is 0.0452 e. The molecule has 0 bridgehead atoms. The molecule has 0 aliphatic carbocycles. The minimum absolute atomic E-state index is 0.112. The van der Waals surface area contributed by atoms with Gasteiger partial charge < -0.3 is 5.32 Å². The van der Waals surface area contributed by atoms with E-state index in [2.05, 4.69) is 37.9 Å². The van der Waals surface area contributed by atoms with Gasteiger partial charge in [-0.25, -0.2) is 0 Å². The second kappa shape index (κ2) is 5.25. The number of benzene rings is 1. The summed E-state index contributed by atoms with van der Waals surface area (Å²) in [5.41, 5.74) is 1.34. The first-order valence-corrected chi connectivity index (χ1v) is 7.39. The summed E-state index contributed by atoms with van der Waals surface area (Å²) in [6.45, 7) is 11.8. The van der Waals surface area contributed by atoms with Gasteiger partial charge in [-0.15, -0.1) is 0 Å². The van der Waals surface area contributed by atoms with Crippen molar-refractivity contribution in [1.29, 1.82) is 0 Å². The molecular weight excluding hydrogens is 279 g/mol. The molecule has 0 aromatic heterocycles. The molecule has 1 aromatic rings. The van der Waals surface area contributed by atoms with E-state index < -0.39 is 0 Å². The predicted molar refractivity (Wildman–Crippen MR) is 83.0 cm³/mol. The highest BCUT2D eigenvalue weighted by Crippen LogP contribution is 2.28. The summed E-state index contributed by atoms with van der Waals surface area (Å²) < 4.78 is 0. The van der Waals surface area contributed by atoms with Crippen LogP contribution in [0.5, 0.6) is 0 Å². The molecule has 106 valence electrons. The van der Waals surface area contributed by atoms with E-state index in [1.165, 1.54) is 0 Å². The van der Waals surface area contributed by atoms with Crippen molar-refractivity contribution in [3.63, 3.8) is 0 Å². The summed E-state index contributed by atoms with van der Waals surface area (Å²) in [6.07, 6.45) is 0. The van der Waals surface area contributed by atoms with Crippen LogP contribution in [-0.2, 0) is 6.54 Å². The van der Waals surface area contributed by atoms with Gasteiger partial charge in [-0.3, -0.25) is 4.90 Å². The summed E-state index contributed by atoms with van der Waals surface area (Å²) in [6, 6.07) is 5.68. The van der Waals surface area contributed by atoms with Crippen LogP contribution in [0.15, 0.2) is 18.2 Å². The highest BCUT2D eigenvalue weighted by Gasteiger charge is 2.37. The molecule has 0 radical (unpaired) electrons. The lowest BCUT2D eigenvalue weighted by Gasteiger charge is -2.49. The Labute approximate surface area is 126 Å². The fourth-order valence-corrected chi connectivity index (χ4v) is 2.83. The van der Waals surface area contributed by atoms with Gasteiger partial charge in [0.15, 0.2) is 0 Å². The van der Waals surface area contributed by atoms with Crippen molar-refractivity contribution in [1.82, 2.24) is 10.2 Å². The zero-order valence-electron chi connectivity index (χ0n) is 12.1. The fraction of sp³-hybridized carbons (Fsp3) is 0.600. The molecule has 0 atom stereocenters. The molecule has 0 amide bonds. The SMILES string of the molecule is CC1(C)CN(Cc2cc(Cl)ccc2Cl)C(C)(C)CN1. The van der Waals surface area contributed by atoms with Gasteiger partial charge in [-0.1, -0.05) is 23.2 Å². The molecule has 1 aromatic carbocycles. The van der Waals surface area contributed by atoms with Crippen molar-refractivity contribution in [2.24, 2.45) is 0 Å². The number of hydrogen-bond acceptors (Lipinski definition) is 2. The third-order valence-corrected chi connectivity index (χ3v) is 4.41. The Morgan fingerprint density at radius 1 is 1.21 bits per heavy atom. The molecule has 1 aliphatic rings. The van der Waals surface area contributed by atoms with Crippen molar-refractivity contribution in [3.05, 3.63) is 33.8 Å². The van der Waals surface area contributed by atoms with Crippen LogP contribution in [0.4, 0.5) is 0 Å². The van der Waals surface area contributed by atoms with Gasteiger partial charge >= 0.3 is 0 Å². The number of nitrogens with zero attached hydrogens (tertiary/aromatic N) is 1. The first kappa shape index (κ1) is 15.1. The van der Waals surface area contributed by atoms with E-state index in [4.69, 9.17) is 23.2 Å². The van der Waals surface area contributed by atoms with Crippen molar-refractivity contribution < 1.29 is 0 Å². The van der Waals surface area contributed by atoms with E-state index in [-0.39, 0.29) is 11.1 Å². The lowest BCUT2D eigenvalue weighted by atomic mass is 9.91. The Hall–Kier alpha value is -0.280. The number of halogens is 2. The van der Waals surface area contributed by atoms with Gasteiger partial charge in [-0.2, -0.15) is 0 Å². The van der Waals surface area contributed by atoms with Crippen LogP contribution in [0.1, 0.15) is 33.3 Å². The average Bonchev–Trinajstić information content (AvgIpc) is 2.29. The molecule has 0 unspecified atom stereocenters. The average molecular weight is 301 g/mol. The number of piperazine rings is 1. The van der Waals surface area contributed by atoms with E-state index in [0.29, 0.717) is 0 Å². The number of hydrogen-bond donors (Lipinski definition) is 1. The topological polar surface area (TPSA) is 15.3 Å². The monoisotopic (exact) mass is 300 g/mol. The quantitative estimate of drug-likeness (QED) is 0.889. The summed E-state index contributed by atoms with van der Waals surface area (Å²) >= 11 is 12.4. The highest BCUT2D eigenvalue weighted by atomic mass is 35.5. The van der Waals surface area contributed by atoms with Gasteiger partial charge in [0.25, 0.3) is 0 Å². The maximum Gasteiger partial charge on any atom is 0.0452 e. The van der Waals surface area contributed by atoms with E-state index in [1.807, 2.05) is 18.2 Å². The van der Waals surface area contributed by atoms with Crippen LogP contribution in [0.25, 0.3) is 0 Å². The minimum Gasteiger partial charge on any atom is -0.309 e. The van der Waals surface area contributed by atoms with Crippen molar-refractivity contribution >= 4 is 23.2 Å². The van der Waals surface area contributed by atoms with Crippen molar-refractivity contribution in [3.8, 4) is 0 Å². The molecule has 19 heavy (non-hydrogen) atoms. The maximum absolute atomic E-state index is 6.28. The zero-order chi connectivity index (χ0) is 14.3. The fourth-order valence-electron chi connectivity index (χ4n) is 2.45. The standard InChI is InChI=1S/C15H22Cl2N2/c1-14(2)10-19(15(3,4)9-18-14)8-11-7-12(16)5-6-13(11)17/h5-7,18H,8-10H2,1-4H3. The van der Waals surface area contributed by atoms with Crippen LogP contribution in [-0.4, -0.2) is 29.1 Å². The summed E-state index contributed by atoms with van der Waals surface area (Å²) in [5.74, 6) is 0. The second-order valence-corrected chi connectivity index (χ2v) is 7.49. The van der Waals surface area contributed by atoms with Crippen LogP contribution in [0, 0.1) is 0 Å². The van der Waals surface area contributed by atoms with Crippen LogP contribution < -0.4 is 5.32 Å². The lowest BCUT2D eigenvalue weighted by molar-refractivity contribution is 0.0324. The van der Waals surface area contributed by atoms with Gasteiger partial charge in [0.1, 0.15) is 0 Å². The van der Waals surface area contributed by atoms with Gasteiger partial charge in [0.2, 0.25) is 0 Å². The lowest BCUT2D eigenvalue weighted by Crippen LogP contribution is -2.65. The van der Waals surface area contributed by atoms with E-state index in [1.54, 1.807) is 0 Å². The first-order chi connectivity index (χ1) is 8.70. The van der Waals surface area contributed by atoms with Crippen LogP contribution >= 0.6 is 23.2 Å². The second-order valence-electron chi connectivity index (χ2n) is 6.64. The summed E-state index contributed by atoms with van der Waals surface area (Å²) in [4.78, 5) is 2.47. The van der Waals surface area contributed by atoms with E-state index >= 15 is 0 Å². The van der Waals surface area contributed by atoms with Crippen LogP contribution in [0.3, 0.4) is 0 Å². The molecule has 1 saturated heterocycles. The molecular formula is C15H22Cl2N2. The molecule has 0 saturated carbocycles. The molecule has 2 nitrogen and oxygen atoms in total. The molecule has 1 fully saturated rings. The third kappa shape index (κ3) is 3.63. The van der Waals surface area contributed by atoms with Crippen molar-refractivity contribution in [2.45, 2.75) is 45.3 Å². The molecule has 2 rings (SSSR count). The van der Waals surface area contributed by atoms with Gasteiger partial charge in [0.05, 0.1) is 0 Å². The van der Waals surface area contributed by atoms with E-state index in [9.17, 15) is 0 Å². The predicted octanol–water partition coefficient (Wildman–Crippen LogP) is 3.96. The van der Waals surface area contributed by atoms with E-state index in [0.717, 1.165) is 35.2 Å². The Kier molecular flexibility index (Phi) is 4.18. The Balaban J connectivity index is 2.22. The maximum atomic E-state index is 6.28. The zero-order valence-corrected chi connectivity index (χ0v) is 13.6. The summed E-state index contributed by atoms with van der Waals surface area (Å²) in [7, 11) is 0. The Morgan fingerprint density at radius 2 is 1.89 bits per heavy atom. The highest BCUT2D eigenvalue weighted by molar-refractivity contribution is 6.33. The molecule has 1 heterocycles. The minimum atomic E-state index is 0.112. The normalized spacial score (nSPS) is 22.4. The van der Waals surface area contributed by atoms with Gasteiger partial charge in [0, 0.05) is 40.8 Å². The molecule has 1 N–H and O–H groups in total. The third-order valence-electron chi connectivity index (χ3n) is 3.81. The Morgan fingerprint density at radius 3 is 2.58 bits per heavy atom. The summed E-state index contributed by atoms with van der Waals surface area (Å²) in [5, 5.41) is 5.12. The number of nitrogens with one attached hydrogen (secondary N) is 1. The first-order valence-electron chi connectivity index (χ1n) is 6.64. The van der Waals surface area contributed by atoms with Gasteiger partial charge in [-0.05, 0) is 51.5 Å².